The molecule has 0 N–H and O–H groups in total. The van der Waals surface area contributed by atoms with Crippen molar-refractivity contribution in [2.24, 2.45) is 13.0 Å². The van der Waals surface area contributed by atoms with Gasteiger partial charge < -0.3 is 14.2 Å². The molecule has 0 aromatic carbocycles. The molecule has 8 nitrogen and oxygen atoms in total. The number of esters is 1. The lowest BCUT2D eigenvalue weighted by molar-refractivity contribution is -0.143. The number of rotatable bonds is 8. The summed E-state index contributed by atoms with van der Waals surface area (Å²) in [5, 5.41) is 0. The molecule has 27 heavy (non-hydrogen) atoms. The molecular formula is C18H27N3O5S. The number of carbonyl (C=O) groups is 2. The predicted octanol–water partition coefficient (Wildman–Crippen LogP) is 1.22. The lowest BCUT2D eigenvalue weighted by Crippen LogP contribution is -2.38. The van der Waals surface area contributed by atoms with Crippen LogP contribution in [0.3, 0.4) is 0 Å². The standard InChI is InChI=1S/C18H27N3O5S/c1-3-26-17(22)13-20(11-14-6-7-14)18(23)16-10-15(12-19(16)2)27(24,25)21-8-4-5-9-21/h10,12,14H,3-9,11,13H2,1-2H3. The number of carbonyl (C=O) groups excluding carboxylic acids is 2. The van der Waals surface area contributed by atoms with E-state index in [1.807, 2.05) is 0 Å². The zero-order chi connectivity index (χ0) is 19.6. The van der Waals surface area contributed by atoms with Crippen molar-refractivity contribution in [1.29, 1.82) is 0 Å². The Morgan fingerprint density at radius 3 is 2.52 bits per heavy atom. The van der Waals surface area contributed by atoms with Crippen LogP contribution in [-0.4, -0.2) is 66.9 Å². The van der Waals surface area contributed by atoms with E-state index in [1.54, 1.807) is 14.0 Å². The Kier molecular flexibility index (Phi) is 5.90. The van der Waals surface area contributed by atoms with Crippen molar-refractivity contribution in [3.05, 3.63) is 18.0 Å². The Balaban J connectivity index is 1.81. The monoisotopic (exact) mass is 397 g/mol. The molecule has 0 unspecified atom stereocenters. The van der Waals surface area contributed by atoms with E-state index < -0.39 is 16.0 Å². The third kappa shape index (κ3) is 4.52. The maximum Gasteiger partial charge on any atom is 0.325 e. The first-order valence-electron chi connectivity index (χ1n) is 9.44. The van der Waals surface area contributed by atoms with Gasteiger partial charge in [0.25, 0.3) is 5.91 Å². The minimum absolute atomic E-state index is 0.122. The minimum atomic E-state index is -3.59. The molecule has 3 rings (SSSR count). The van der Waals surface area contributed by atoms with Crippen LogP contribution < -0.4 is 0 Å². The molecule has 0 radical (unpaired) electrons. The van der Waals surface area contributed by atoms with Gasteiger partial charge in [0.15, 0.2) is 0 Å². The Morgan fingerprint density at radius 1 is 1.26 bits per heavy atom. The van der Waals surface area contributed by atoms with Crippen LogP contribution in [-0.2, 0) is 26.6 Å². The van der Waals surface area contributed by atoms with Gasteiger partial charge in [0.2, 0.25) is 10.0 Å². The van der Waals surface area contributed by atoms with Gasteiger partial charge in [-0.3, -0.25) is 9.59 Å². The van der Waals surface area contributed by atoms with E-state index in [4.69, 9.17) is 4.74 Å². The van der Waals surface area contributed by atoms with Gasteiger partial charge in [-0.25, -0.2) is 8.42 Å². The van der Waals surface area contributed by atoms with Crippen molar-refractivity contribution in [3.8, 4) is 0 Å². The molecule has 0 spiro atoms. The van der Waals surface area contributed by atoms with Crippen LogP contribution in [0.15, 0.2) is 17.2 Å². The number of hydrogen-bond donors (Lipinski definition) is 0. The quantitative estimate of drug-likeness (QED) is 0.616. The second-order valence-corrected chi connectivity index (χ2v) is 9.16. The number of amides is 1. The molecule has 1 aromatic heterocycles. The lowest BCUT2D eigenvalue weighted by Gasteiger charge is -2.21. The predicted molar refractivity (Wildman–Crippen MR) is 98.7 cm³/mol. The van der Waals surface area contributed by atoms with E-state index in [9.17, 15) is 18.0 Å². The molecule has 1 saturated heterocycles. The summed E-state index contributed by atoms with van der Waals surface area (Å²) in [6.07, 6.45) is 5.25. The van der Waals surface area contributed by atoms with E-state index in [1.165, 1.54) is 26.0 Å². The number of aromatic nitrogens is 1. The van der Waals surface area contributed by atoms with Gasteiger partial charge in [-0.05, 0) is 44.6 Å². The molecule has 0 bridgehead atoms. The van der Waals surface area contributed by atoms with E-state index in [2.05, 4.69) is 0 Å². The topological polar surface area (TPSA) is 88.9 Å². The van der Waals surface area contributed by atoms with E-state index in [-0.39, 0.29) is 29.6 Å². The highest BCUT2D eigenvalue weighted by Gasteiger charge is 2.32. The van der Waals surface area contributed by atoms with E-state index in [0.717, 1.165) is 25.7 Å². The number of ether oxygens (including phenoxy) is 1. The highest BCUT2D eigenvalue weighted by atomic mass is 32.2. The number of hydrogen-bond acceptors (Lipinski definition) is 5. The summed E-state index contributed by atoms with van der Waals surface area (Å²) in [6, 6.07) is 1.42. The van der Waals surface area contributed by atoms with Crippen molar-refractivity contribution in [2.45, 2.75) is 37.5 Å². The van der Waals surface area contributed by atoms with Gasteiger partial charge >= 0.3 is 5.97 Å². The highest BCUT2D eigenvalue weighted by molar-refractivity contribution is 7.89. The lowest BCUT2D eigenvalue weighted by atomic mass is 10.3. The zero-order valence-electron chi connectivity index (χ0n) is 15.9. The van der Waals surface area contributed by atoms with Crippen LogP contribution >= 0.6 is 0 Å². The first kappa shape index (κ1) is 19.9. The van der Waals surface area contributed by atoms with Crippen molar-refractivity contribution < 1.29 is 22.7 Å². The molecule has 1 saturated carbocycles. The largest absolute Gasteiger partial charge is 0.465 e. The van der Waals surface area contributed by atoms with Gasteiger partial charge in [-0.15, -0.1) is 0 Å². The minimum Gasteiger partial charge on any atom is -0.465 e. The highest BCUT2D eigenvalue weighted by Crippen LogP contribution is 2.30. The molecule has 2 fully saturated rings. The first-order valence-corrected chi connectivity index (χ1v) is 10.9. The maximum atomic E-state index is 13.0. The van der Waals surface area contributed by atoms with Gasteiger partial charge in [0.1, 0.15) is 17.1 Å². The summed E-state index contributed by atoms with van der Waals surface area (Å²) in [5.41, 5.74) is 0.262. The molecule has 9 heteroatoms. The summed E-state index contributed by atoms with van der Waals surface area (Å²) >= 11 is 0. The normalized spacial score (nSPS) is 17.9. The van der Waals surface area contributed by atoms with Crippen LogP contribution in [0.2, 0.25) is 0 Å². The molecular weight excluding hydrogens is 370 g/mol. The summed E-state index contributed by atoms with van der Waals surface area (Å²) in [7, 11) is -1.94. The summed E-state index contributed by atoms with van der Waals surface area (Å²) in [5.74, 6) is -0.401. The molecule has 1 aliphatic carbocycles. The van der Waals surface area contributed by atoms with Crippen LogP contribution in [0.5, 0.6) is 0 Å². The van der Waals surface area contributed by atoms with Crippen LogP contribution in [0.1, 0.15) is 43.1 Å². The fraction of sp³-hybridized carbons (Fsp3) is 0.667. The molecule has 1 aromatic rings. The molecule has 1 amide bonds. The van der Waals surface area contributed by atoms with Gasteiger partial charge in [-0.1, -0.05) is 0 Å². The summed E-state index contributed by atoms with van der Waals surface area (Å²) < 4.78 is 33.5. The third-order valence-corrected chi connectivity index (χ3v) is 6.85. The molecule has 150 valence electrons. The molecule has 2 heterocycles. The van der Waals surface area contributed by atoms with E-state index in [0.29, 0.717) is 25.6 Å². The van der Waals surface area contributed by atoms with Gasteiger partial charge in [-0.2, -0.15) is 4.31 Å². The van der Waals surface area contributed by atoms with Crippen molar-refractivity contribution in [3.63, 3.8) is 0 Å². The SMILES string of the molecule is CCOC(=O)CN(CC1CC1)C(=O)c1cc(S(=O)(=O)N2CCCC2)cn1C. The molecule has 2 aliphatic rings. The fourth-order valence-electron chi connectivity index (χ4n) is 3.32. The maximum absolute atomic E-state index is 13.0. The third-order valence-electron chi connectivity index (χ3n) is 4.99. The van der Waals surface area contributed by atoms with Gasteiger partial charge in [0, 0.05) is 32.9 Å². The van der Waals surface area contributed by atoms with Crippen LogP contribution in [0, 0.1) is 5.92 Å². The Hall–Kier alpha value is -1.87. The fourth-order valence-corrected chi connectivity index (χ4v) is 4.91. The Labute approximate surface area is 160 Å². The number of sulfonamides is 1. The average molecular weight is 397 g/mol. The first-order chi connectivity index (χ1) is 12.8. The van der Waals surface area contributed by atoms with Crippen LogP contribution in [0.25, 0.3) is 0 Å². The summed E-state index contributed by atoms with van der Waals surface area (Å²) in [6.45, 7) is 3.36. The molecule has 1 aliphatic heterocycles. The van der Waals surface area contributed by atoms with Crippen LogP contribution in [0.4, 0.5) is 0 Å². The van der Waals surface area contributed by atoms with Crippen molar-refractivity contribution >= 4 is 21.9 Å². The smallest absolute Gasteiger partial charge is 0.325 e. The van der Waals surface area contributed by atoms with Gasteiger partial charge in [0.05, 0.1) is 6.61 Å². The molecule has 0 atom stereocenters. The zero-order valence-corrected chi connectivity index (χ0v) is 16.7. The number of aryl methyl sites for hydroxylation is 1. The summed E-state index contributed by atoms with van der Waals surface area (Å²) in [4.78, 5) is 26.5. The second-order valence-electron chi connectivity index (χ2n) is 7.22. The average Bonchev–Trinajstić information content (AvgIpc) is 3.10. The Bertz CT molecular complexity index is 807. The number of nitrogens with zero attached hydrogens (tertiary/aromatic N) is 3. The van der Waals surface area contributed by atoms with E-state index >= 15 is 0 Å². The van der Waals surface area contributed by atoms with Crippen molar-refractivity contribution in [2.75, 3.05) is 32.8 Å². The Morgan fingerprint density at radius 2 is 1.93 bits per heavy atom. The second kappa shape index (κ2) is 8.02. The van der Waals surface area contributed by atoms with Crippen molar-refractivity contribution in [1.82, 2.24) is 13.8 Å².